The first-order valence-corrected chi connectivity index (χ1v) is 9.68. The van der Waals surface area contributed by atoms with E-state index < -0.39 is 0 Å². The molecule has 0 bridgehead atoms. The molecule has 1 saturated carbocycles. The Kier molecular flexibility index (Phi) is 4.84. The largest absolute Gasteiger partial charge is 0.378 e. The summed E-state index contributed by atoms with van der Waals surface area (Å²) in [4.78, 5) is 22.6. The molecule has 1 aliphatic rings. The number of benzene rings is 2. The maximum atomic E-state index is 12.5. The number of carbonyl (C=O) groups excluding carboxylic acids is 1. The number of rotatable bonds is 4. The second kappa shape index (κ2) is 7.43. The minimum absolute atomic E-state index is 0.146. The summed E-state index contributed by atoms with van der Waals surface area (Å²) in [6, 6.07) is 14.2. The van der Waals surface area contributed by atoms with Crippen molar-refractivity contribution in [1.82, 2.24) is 9.97 Å². The van der Waals surface area contributed by atoms with Gasteiger partial charge in [-0.3, -0.25) is 4.79 Å². The summed E-state index contributed by atoms with van der Waals surface area (Å²) in [5, 5.41) is 3.08. The zero-order valence-electron chi connectivity index (χ0n) is 16.0. The van der Waals surface area contributed by atoms with Crippen molar-refractivity contribution in [3.05, 3.63) is 42.5 Å². The van der Waals surface area contributed by atoms with Gasteiger partial charge in [-0.1, -0.05) is 19.3 Å². The molecule has 0 radical (unpaired) electrons. The van der Waals surface area contributed by atoms with E-state index in [1.165, 1.54) is 6.42 Å². The first-order chi connectivity index (χ1) is 13.1. The Bertz CT molecular complexity index is 937. The van der Waals surface area contributed by atoms with E-state index in [9.17, 15) is 4.79 Å². The number of imidazole rings is 1. The molecule has 1 heterocycles. The lowest BCUT2D eigenvalue weighted by Gasteiger charge is -2.20. The van der Waals surface area contributed by atoms with Crippen LogP contribution in [0.15, 0.2) is 42.5 Å². The van der Waals surface area contributed by atoms with Gasteiger partial charge in [-0.2, -0.15) is 0 Å². The predicted molar refractivity (Wildman–Crippen MR) is 111 cm³/mol. The van der Waals surface area contributed by atoms with Crippen LogP contribution in [0.5, 0.6) is 0 Å². The van der Waals surface area contributed by atoms with E-state index >= 15 is 0 Å². The fraction of sp³-hybridized carbons (Fsp3) is 0.364. The Balaban J connectivity index is 1.53. The molecule has 3 aromatic rings. The Morgan fingerprint density at radius 3 is 2.52 bits per heavy atom. The zero-order valence-corrected chi connectivity index (χ0v) is 16.0. The van der Waals surface area contributed by atoms with Crippen LogP contribution in [0.2, 0.25) is 0 Å². The molecule has 4 rings (SSSR count). The van der Waals surface area contributed by atoms with E-state index in [2.05, 4.69) is 44.5 Å². The quantitative estimate of drug-likeness (QED) is 0.700. The van der Waals surface area contributed by atoms with Crippen molar-refractivity contribution in [3.8, 4) is 11.4 Å². The van der Waals surface area contributed by atoms with Gasteiger partial charge in [0.2, 0.25) is 5.91 Å². The van der Waals surface area contributed by atoms with Crippen molar-refractivity contribution in [1.29, 1.82) is 0 Å². The van der Waals surface area contributed by atoms with Gasteiger partial charge in [0.1, 0.15) is 5.82 Å². The summed E-state index contributed by atoms with van der Waals surface area (Å²) >= 11 is 0. The normalized spacial score (nSPS) is 15.0. The fourth-order valence-electron chi connectivity index (χ4n) is 3.75. The van der Waals surface area contributed by atoms with Gasteiger partial charge < -0.3 is 15.2 Å². The maximum Gasteiger partial charge on any atom is 0.227 e. The number of nitrogens with zero attached hydrogens (tertiary/aromatic N) is 2. The van der Waals surface area contributed by atoms with Crippen LogP contribution >= 0.6 is 0 Å². The number of fused-ring (bicyclic) bond motifs is 1. The van der Waals surface area contributed by atoms with Gasteiger partial charge in [0.15, 0.2) is 0 Å². The lowest BCUT2D eigenvalue weighted by Crippen LogP contribution is -2.24. The average molecular weight is 362 g/mol. The van der Waals surface area contributed by atoms with E-state index in [1.54, 1.807) is 0 Å². The summed E-state index contributed by atoms with van der Waals surface area (Å²) in [7, 11) is 4.05. The van der Waals surface area contributed by atoms with Gasteiger partial charge >= 0.3 is 0 Å². The van der Waals surface area contributed by atoms with Crippen LogP contribution in [-0.2, 0) is 4.79 Å². The van der Waals surface area contributed by atoms with Crippen molar-refractivity contribution in [3.63, 3.8) is 0 Å². The van der Waals surface area contributed by atoms with Gasteiger partial charge in [-0.05, 0) is 55.3 Å². The molecule has 2 aromatic carbocycles. The molecule has 5 nitrogen and oxygen atoms in total. The molecule has 27 heavy (non-hydrogen) atoms. The molecule has 5 heteroatoms. The highest BCUT2D eigenvalue weighted by molar-refractivity contribution is 5.94. The molecule has 140 valence electrons. The molecular formula is C22H26N4O. The topological polar surface area (TPSA) is 61.0 Å². The van der Waals surface area contributed by atoms with Crippen molar-refractivity contribution in [2.75, 3.05) is 24.3 Å². The third kappa shape index (κ3) is 3.82. The van der Waals surface area contributed by atoms with E-state index in [0.29, 0.717) is 0 Å². The van der Waals surface area contributed by atoms with E-state index in [1.807, 2.05) is 32.3 Å². The standard InChI is InChI=1S/C22H26N4O/c1-26(2)18-11-8-15(9-12-18)21-24-19-13-10-17(14-20(19)25-21)23-22(27)16-6-4-3-5-7-16/h8-14,16H,3-7H2,1-2H3,(H,23,27)(H,24,25). The summed E-state index contributed by atoms with van der Waals surface area (Å²) in [5.41, 5.74) is 4.86. The summed E-state index contributed by atoms with van der Waals surface area (Å²) < 4.78 is 0. The number of aromatic nitrogens is 2. The second-order valence-corrected chi connectivity index (χ2v) is 7.58. The van der Waals surface area contributed by atoms with Crippen molar-refractivity contribution < 1.29 is 4.79 Å². The van der Waals surface area contributed by atoms with Gasteiger partial charge in [0.25, 0.3) is 0 Å². The number of anilines is 2. The Morgan fingerprint density at radius 2 is 1.81 bits per heavy atom. The average Bonchev–Trinajstić information content (AvgIpc) is 3.12. The van der Waals surface area contributed by atoms with Crippen molar-refractivity contribution in [2.45, 2.75) is 32.1 Å². The molecule has 1 fully saturated rings. The number of carbonyl (C=O) groups is 1. The van der Waals surface area contributed by atoms with E-state index in [-0.39, 0.29) is 11.8 Å². The molecule has 1 amide bonds. The van der Waals surface area contributed by atoms with E-state index in [0.717, 1.165) is 59.5 Å². The minimum atomic E-state index is 0.146. The van der Waals surface area contributed by atoms with Gasteiger partial charge in [-0.15, -0.1) is 0 Å². The molecule has 0 unspecified atom stereocenters. The first kappa shape index (κ1) is 17.6. The number of H-pyrrole nitrogens is 1. The zero-order chi connectivity index (χ0) is 18.8. The number of hydrogen-bond acceptors (Lipinski definition) is 3. The number of nitrogens with one attached hydrogen (secondary N) is 2. The van der Waals surface area contributed by atoms with Crippen LogP contribution in [0.4, 0.5) is 11.4 Å². The SMILES string of the molecule is CN(C)c1ccc(-c2nc3ccc(NC(=O)C4CCCCC4)cc3[nH]2)cc1. The van der Waals surface area contributed by atoms with Gasteiger partial charge in [0, 0.05) is 37.0 Å². The monoisotopic (exact) mass is 362 g/mol. The minimum Gasteiger partial charge on any atom is -0.378 e. The number of hydrogen-bond donors (Lipinski definition) is 2. The maximum absolute atomic E-state index is 12.5. The molecule has 1 aromatic heterocycles. The fourth-order valence-corrected chi connectivity index (χ4v) is 3.75. The summed E-state index contributed by atoms with van der Waals surface area (Å²) in [6.45, 7) is 0. The first-order valence-electron chi connectivity index (χ1n) is 9.68. The third-order valence-corrected chi connectivity index (χ3v) is 5.38. The van der Waals surface area contributed by atoms with Crippen LogP contribution < -0.4 is 10.2 Å². The highest BCUT2D eigenvalue weighted by atomic mass is 16.1. The number of amides is 1. The molecule has 1 aliphatic carbocycles. The summed E-state index contributed by atoms with van der Waals surface area (Å²) in [6.07, 6.45) is 5.58. The highest BCUT2D eigenvalue weighted by Gasteiger charge is 2.21. The van der Waals surface area contributed by atoms with Gasteiger partial charge in [0.05, 0.1) is 11.0 Å². The molecule has 0 atom stereocenters. The van der Waals surface area contributed by atoms with Crippen molar-refractivity contribution in [2.24, 2.45) is 5.92 Å². The summed E-state index contributed by atoms with van der Waals surface area (Å²) in [5.74, 6) is 1.14. The van der Waals surface area contributed by atoms with Crippen LogP contribution in [0.25, 0.3) is 22.4 Å². The Hall–Kier alpha value is -2.82. The molecule has 0 aliphatic heterocycles. The predicted octanol–water partition coefficient (Wildman–Crippen LogP) is 4.81. The molecular weight excluding hydrogens is 336 g/mol. The highest BCUT2D eigenvalue weighted by Crippen LogP contribution is 2.27. The molecule has 0 saturated heterocycles. The van der Waals surface area contributed by atoms with Crippen LogP contribution in [0.1, 0.15) is 32.1 Å². The second-order valence-electron chi connectivity index (χ2n) is 7.58. The molecule has 0 spiro atoms. The smallest absolute Gasteiger partial charge is 0.227 e. The lowest BCUT2D eigenvalue weighted by molar-refractivity contribution is -0.120. The van der Waals surface area contributed by atoms with Crippen LogP contribution in [0.3, 0.4) is 0 Å². The van der Waals surface area contributed by atoms with Crippen molar-refractivity contribution >= 4 is 28.3 Å². The van der Waals surface area contributed by atoms with Gasteiger partial charge in [-0.25, -0.2) is 4.98 Å². The molecule has 2 N–H and O–H groups in total. The number of aromatic amines is 1. The Labute approximate surface area is 159 Å². The Morgan fingerprint density at radius 1 is 1.07 bits per heavy atom. The third-order valence-electron chi connectivity index (χ3n) is 5.38. The van der Waals surface area contributed by atoms with Crippen LogP contribution in [0, 0.1) is 5.92 Å². The van der Waals surface area contributed by atoms with Crippen LogP contribution in [-0.4, -0.2) is 30.0 Å². The van der Waals surface area contributed by atoms with E-state index in [4.69, 9.17) is 0 Å². The lowest BCUT2D eigenvalue weighted by atomic mass is 9.88.